The van der Waals surface area contributed by atoms with E-state index in [1.54, 1.807) is 36.8 Å². The number of sulfonamides is 1. The first-order chi connectivity index (χ1) is 11.6. The van der Waals surface area contributed by atoms with Gasteiger partial charge in [0.1, 0.15) is 5.75 Å². The van der Waals surface area contributed by atoms with Gasteiger partial charge in [0.15, 0.2) is 0 Å². The summed E-state index contributed by atoms with van der Waals surface area (Å²) in [5, 5.41) is 7.91. The summed E-state index contributed by atoms with van der Waals surface area (Å²) >= 11 is 0. The van der Waals surface area contributed by atoms with Crippen molar-refractivity contribution >= 4 is 10.0 Å². The van der Waals surface area contributed by atoms with Gasteiger partial charge in [0.25, 0.3) is 0 Å². The molecule has 0 spiro atoms. The molecule has 0 amide bonds. The number of nitrogens with zero attached hydrogens (tertiary/aromatic N) is 4. The Bertz CT molecular complexity index is 908. The van der Waals surface area contributed by atoms with Crippen molar-refractivity contribution in [2.24, 2.45) is 0 Å². The van der Waals surface area contributed by atoms with Crippen molar-refractivity contribution < 1.29 is 13.2 Å². The van der Waals surface area contributed by atoms with Crippen molar-refractivity contribution in [3.8, 4) is 11.4 Å². The van der Waals surface area contributed by atoms with Crippen LogP contribution in [0.1, 0.15) is 5.69 Å². The highest BCUT2D eigenvalue weighted by Crippen LogP contribution is 2.15. The normalized spacial score (nSPS) is 11.4. The van der Waals surface area contributed by atoms with Crippen molar-refractivity contribution in [1.29, 1.82) is 0 Å². The molecule has 2 aromatic heterocycles. The van der Waals surface area contributed by atoms with Crippen LogP contribution < -0.4 is 9.46 Å². The molecule has 0 bridgehead atoms. The molecule has 0 fully saturated rings. The second kappa shape index (κ2) is 6.77. The van der Waals surface area contributed by atoms with E-state index in [9.17, 15) is 8.42 Å². The largest absolute Gasteiger partial charge is 0.497 e. The molecule has 0 unspecified atom stereocenters. The maximum atomic E-state index is 12.3. The van der Waals surface area contributed by atoms with Gasteiger partial charge in [-0.3, -0.25) is 4.98 Å². The van der Waals surface area contributed by atoms with E-state index in [0.29, 0.717) is 11.4 Å². The molecule has 1 aromatic carbocycles. The molecule has 0 saturated carbocycles. The molecular formula is C15H15N5O3S. The molecule has 0 atom stereocenters. The standard InChI is InChI=1S/C15H15N5O3S/c1-23-14-4-6-15(7-5-14)24(21,22)17-9-12-11-20(19-18-12)13-3-2-8-16-10-13/h2-8,10-11,17H,9H2,1H3. The smallest absolute Gasteiger partial charge is 0.240 e. The first kappa shape index (κ1) is 16.1. The number of nitrogens with one attached hydrogen (secondary N) is 1. The average molecular weight is 345 g/mol. The second-order valence-corrected chi connectivity index (χ2v) is 6.63. The monoisotopic (exact) mass is 345 g/mol. The summed E-state index contributed by atoms with van der Waals surface area (Å²) in [7, 11) is -2.11. The highest BCUT2D eigenvalue weighted by molar-refractivity contribution is 7.89. The molecule has 0 aliphatic heterocycles. The summed E-state index contributed by atoms with van der Waals surface area (Å²) in [6, 6.07) is 9.75. The average Bonchev–Trinajstić information content (AvgIpc) is 3.10. The molecule has 3 aromatic rings. The Morgan fingerprint density at radius 2 is 2.00 bits per heavy atom. The molecular weight excluding hydrogens is 330 g/mol. The summed E-state index contributed by atoms with van der Waals surface area (Å²) in [5.41, 5.74) is 1.24. The lowest BCUT2D eigenvalue weighted by molar-refractivity contribution is 0.414. The molecule has 1 N–H and O–H groups in total. The zero-order valence-corrected chi connectivity index (χ0v) is 13.6. The predicted molar refractivity (Wildman–Crippen MR) is 86.2 cm³/mol. The summed E-state index contributed by atoms with van der Waals surface area (Å²) in [6.45, 7) is 0.0363. The topological polar surface area (TPSA) is 99.0 Å². The Morgan fingerprint density at radius 3 is 2.67 bits per heavy atom. The molecule has 3 rings (SSSR count). The summed E-state index contributed by atoms with van der Waals surface area (Å²) < 4.78 is 33.6. The fourth-order valence-corrected chi connectivity index (χ4v) is 3.00. The highest BCUT2D eigenvalue weighted by atomic mass is 32.2. The molecule has 0 radical (unpaired) electrons. The lowest BCUT2D eigenvalue weighted by atomic mass is 10.3. The third-order valence-electron chi connectivity index (χ3n) is 3.26. The Labute approximate surface area is 139 Å². The number of rotatable bonds is 6. The molecule has 9 heteroatoms. The van der Waals surface area contributed by atoms with Gasteiger partial charge in [0.2, 0.25) is 10.0 Å². The van der Waals surface area contributed by atoms with E-state index in [2.05, 4.69) is 20.0 Å². The molecule has 8 nitrogen and oxygen atoms in total. The number of hydrogen-bond donors (Lipinski definition) is 1. The van der Waals surface area contributed by atoms with Crippen LogP contribution in [0, 0.1) is 0 Å². The van der Waals surface area contributed by atoms with E-state index in [4.69, 9.17) is 4.74 Å². The maximum absolute atomic E-state index is 12.3. The Morgan fingerprint density at radius 1 is 1.21 bits per heavy atom. The second-order valence-electron chi connectivity index (χ2n) is 4.87. The number of benzene rings is 1. The SMILES string of the molecule is COc1ccc(S(=O)(=O)NCc2cn(-c3cccnc3)nn2)cc1. The van der Waals surface area contributed by atoms with Crippen LogP contribution in [-0.2, 0) is 16.6 Å². The summed E-state index contributed by atoms with van der Waals surface area (Å²) in [4.78, 5) is 4.15. The van der Waals surface area contributed by atoms with Crippen molar-refractivity contribution in [3.05, 3.63) is 60.7 Å². The van der Waals surface area contributed by atoms with Crippen molar-refractivity contribution in [1.82, 2.24) is 24.7 Å². The van der Waals surface area contributed by atoms with E-state index in [-0.39, 0.29) is 11.4 Å². The van der Waals surface area contributed by atoms with E-state index >= 15 is 0 Å². The van der Waals surface area contributed by atoms with Crippen LogP contribution in [0.4, 0.5) is 0 Å². The Balaban J connectivity index is 1.69. The van der Waals surface area contributed by atoms with Gasteiger partial charge in [0, 0.05) is 6.20 Å². The van der Waals surface area contributed by atoms with E-state index < -0.39 is 10.0 Å². The van der Waals surface area contributed by atoms with E-state index in [1.165, 1.54) is 23.9 Å². The van der Waals surface area contributed by atoms with Crippen LogP contribution in [0.25, 0.3) is 5.69 Å². The fourth-order valence-electron chi connectivity index (χ4n) is 2.00. The minimum Gasteiger partial charge on any atom is -0.497 e. The van der Waals surface area contributed by atoms with Gasteiger partial charge in [-0.2, -0.15) is 0 Å². The van der Waals surface area contributed by atoms with Crippen LogP contribution >= 0.6 is 0 Å². The fraction of sp³-hybridized carbons (Fsp3) is 0.133. The van der Waals surface area contributed by atoms with Crippen LogP contribution in [0.3, 0.4) is 0 Å². The van der Waals surface area contributed by atoms with Crippen LogP contribution in [0.2, 0.25) is 0 Å². The number of aromatic nitrogens is 4. The molecule has 24 heavy (non-hydrogen) atoms. The molecule has 0 aliphatic carbocycles. The lowest BCUT2D eigenvalue weighted by Crippen LogP contribution is -2.23. The van der Waals surface area contributed by atoms with Crippen molar-refractivity contribution in [2.75, 3.05) is 7.11 Å². The van der Waals surface area contributed by atoms with Gasteiger partial charge in [-0.05, 0) is 36.4 Å². The van der Waals surface area contributed by atoms with E-state index in [0.717, 1.165) is 5.69 Å². The first-order valence-electron chi connectivity index (χ1n) is 7.04. The third-order valence-corrected chi connectivity index (χ3v) is 4.68. The Hall–Kier alpha value is -2.78. The first-order valence-corrected chi connectivity index (χ1v) is 8.52. The van der Waals surface area contributed by atoms with Gasteiger partial charge < -0.3 is 4.74 Å². The van der Waals surface area contributed by atoms with Gasteiger partial charge in [-0.1, -0.05) is 5.21 Å². The molecule has 124 valence electrons. The minimum atomic E-state index is -3.63. The van der Waals surface area contributed by atoms with Crippen LogP contribution in [0.5, 0.6) is 5.75 Å². The third kappa shape index (κ3) is 3.58. The maximum Gasteiger partial charge on any atom is 0.240 e. The number of methoxy groups -OCH3 is 1. The van der Waals surface area contributed by atoms with Crippen molar-refractivity contribution in [3.63, 3.8) is 0 Å². The van der Waals surface area contributed by atoms with E-state index in [1.807, 2.05) is 6.07 Å². The molecule has 0 aliphatic rings. The highest BCUT2D eigenvalue weighted by Gasteiger charge is 2.14. The summed E-state index contributed by atoms with van der Waals surface area (Å²) in [6.07, 6.45) is 4.94. The molecule has 2 heterocycles. The van der Waals surface area contributed by atoms with Crippen LogP contribution in [0.15, 0.2) is 59.9 Å². The number of hydrogen-bond acceptors (Lipinski definition) is 6. The van der Waals surface area contributed by atoms with Gasteiger partial charge >= 0.3 is 0 Å². The van der Waals surface area contributed by atoms with Crippen LogP contribution in [-0.4, -0.2) is 35.5 Å². The minimum absolute atomic E-state index is 0.0363. The van der Waals surface area contributed by atoms with Gasteiger partial charge in [0.05, 0.1) is 42.3 Å². The molecule has 0 saturated heterocycles. The lowest BCUT2D eigenvalue weighted by Gasteiger charge is -2.06. The van der Waals surface area contributed by atoms with Gasteiger partial charge in [-0.25, -0.2) is 17.8 Å². The van der Waals surface area contributed by atoms with Gasteiger partial charge in [-0.15, -0.1) is 5.10 Å². The number of ether oxygens (including phenoxy) is 1. The quantitative estimate of drug-likeness (QED) is 0.719. The predicted octanol–water partition coefficient (Wildman–Crippen LogP) is 1.15. The summed E-state index contributed by atoms with van der Waals surface area (Å²) in [5.74, 6) is 0.591. The number of pyridine rings is 1. The zero-order chi connectivity index (χ0) is 17.0. The Kier molecular flexibility index (Phi) is 4.54. The zero-order valence-electron chi connectivity index (χ0n) is 12.8. The van der Waals surface area contributed by atoms with Crippen molar-refractivity contribution in [2.45, 2.75) is 11.4 Å².